The lowest BCUT2D eigenvalue weighted by Crippen LogP contribution is -1.89. The molecule has 0 saturated heterocycles. The lowest BCUT2D eigenvalue weighted by molar-refractivity contribution is 0.0702. The summed E-state index contributed by atoms with van der Waals surface area (Å²) in [4.78, 5) is 10.3. The van der Waals surface area contributed by atoms with Crippen LogP contribution in [0.15, 0.2) is 6.07 Å². The highest BCUT2D eigenvalue weighted by molar-refractivity contribution is 7.12. The highest BCUT2D eigenvalue weighted by Crippen LogP contribution is 2.19. The van der Waals surface area contributed by atoms with Gasteiger partial charge in [0.25, 0.3) is 0 Å². The van der Waals surface area contributed by atoms with Crippen molar-refractivity contribution < 1.29 is 14.3 Å². The number of aryl methyl sites for hydroxylation is 1. The van der Waals surface area contributed by atoms with Crippen LogP contribution in [0.2, 0.25) is 0 Å². The van der Waals surface area contributed by atoms with Crippen LogP contribution in [-0.4, -0.2) is 11.1 Å². The summed E-state index contributed by atoms with van der Waals surface area (Å²) in [5.74, 6) is -1.07. The number of halogens is 1. The number of hydrogen-bond acceptors (Lipinski definition) is 2. The van der Waals surface area contributed by atoms with E-state index >= 15 is 0 Å². The predicted octanol–water partition coefficient (Wildman–Crippen LogP) is 1.89. The van der Waals surface area contributed by atoms with Gasteiger partial charge in [0.1, 0.15) is 4.88 Å². The number of carbonyl (C=O) groups is 1. The monoisotopic (exact) mass is 160 g/mol. The van der Waals surface area contributed by atoms with Gasteiger partial charge in [0.15, 0.2) is 5.13 Å². The highest BCUT2D eigenvalue weighted by atomic mass is 32.1. The summed E-state index contributed by atoms with van der Waals surface area (Å²) >= 11 is 0.656. The van der Waals surface area contributed by atoms with E-state index in [1.54, 1.807) is 0 Å². The number of carboxylic acid groups (broad SMARTS) is 1. The first-order valence-electron chi connectivity index (χ1n) is 2.60. The van der Waals surface area contributed by atoms with E-state index in [9.17, 15) is 9.18 Å². The molecule has 1 aromatic heterocycles. The molecular formula is C6H5FO2S. The summed E-state index contributed by atoms with van der Waals surface area (Å²) in [7, 11) is 0. The van der Waals surface area contributed by atoms with E-state index in [2.05, 4.69) is 0 Å². The molecule has 10 heavy (non-hydrogen) atoms. The van der Waals surface area contributed by atoms with Gasteiger partial charge in [0.05, 0.1) is 0 Å². The quantitative estimate of drug-likeness (QED) is 0.681. The van der Waals surface area contributed by atoms with Crippen molar-refractivity contribution in [3.05, 3.63) is 21.6 Å². The van der Waals surface area contributed by atoms with Crippen LogP contribution in [0.4, 0.5) is 4.39 Å². The van der Waals surface area contributed by atoms with Crippen LogP contribution in [0.1, 0.15) is 15.2 Å². The topological polar surface area (TPSA) is 37.3 Å². The Morgan fingerprint density at radius 2 is 2.40 bits per heavy atom. The fraction of sp³-hybridized carbons (Fsp3) is 0.167. The van der Waals surface area contributed by atoms with Gasteiger partial charge in [0.2, 0.25) is 0 Å². The summed E-state index contributed by atoms with van der Waals surface area (Å²) < 4.78 is 12.5. The van der Waals surface area contributed by atoms with Crippen molar-refractivity contribution in [2.45, 2.75) is 6.92 Å². The maximum Gasteiger partial charge on any atom is 0.345 e. The van der Waals surface area contributed by atoms with Crippen molar-refractivity contribution in [2.24, 2.45) is 0 Å². The van der Waals surface area contributed by atoms with Gasteiger partial charge in [-0.15, -0.1) is 0 Å². The molecule has 0 amide bonds. The molecule has 0 atom stereocenters. The molecular weight excluding hydrogens is 155 g/mol. The molecule has 0 saturated carbocycles. The van der Waals surface area contributed by atoms with E-state index in [0.29, 0.717) is 16.9 Å². The molecule has 0 aliphatic rings. The molecule has 1 N–H and O–H groups in total. The van der Waals surface area contributed by atoms with E-state index in [1.807, 2.05) is 0 Å². The lowest BCUT2D eigenvalue weighted by atomic mass is 10.3. The molecule has 0 aromatic carbocycles. The van der Waals surface area contributed by atoms with Crippen LogP contribution < -0.4 is 0 Å². The summed E-state index contributed by atoms with van der Waals surface area (Å²) in [6.45, 7) is 1.54. The van der Waals surface area contributed by atoms with Crippen LogP contribution in [-0.2, 0) is 0 Å². The van der Waals surface area contributed by atoms with E-state index in [1.165, 1.54) is 13.0 Å². The maximum atomic E-state index is 12.5. The van der Waals surface area contributed by atoms with Crippen LogP contribution in [0.5, 0.6) is 0 Å². The van der Waals surface area contributed by atoms with Crippen molar-refractivity contribution in [3.8, 4) is 0 Å². The van der Waals surface area contributed by atoms with Crippen molar-refractivity contribution in [3.63, 3.8) is 0 Å². The minimum absolute atomic E-state index is 0.0509. The molecule has 0 bridgehead atoms. The molecule has 0 aliphatic carbocycles. The third-order valence-corrected chi connectivity index (χ3v) is 2.08. The van der Waals surface area contributed by atoms with Crippen LogP contribution in [0.3, 0.4) is 0 Å². The van der Waals surface area contributed by atoms with Gasteiger partial charge >= 0.3 is 5.97 Å². The maximum absolute atomic E-state index is 12.5. The summed E-state index contributed by atoms with van der Waals surface area (Å²) in [5, 5.41) is 7.95. The zero-order valence-electron chi connectivity index (χ0n) is 5.22. The summed E-state index contributed by atoms with van der Waals surface area (Å²) in [6.07, 6.45) is 0. The second-order valence-electron chi connectivity index (χ2n) is 1.87. The fourth-order valence-electron chi connectivity index (χ4n) is 0.565. The zero-order chi connectivity index (χ0) is 7.72. The average molecular weight is 160 g/mol. The molecule has 1 heterocycles. The molecule has 0 radical (unpaired) electrons. The second-order valence-corrected chi connectivity index (χ2v) is 2.87. The molecule has 0 fully saturated rings. The SMILES string of the molecule is Cc1cc(C(=O)O)sc1F. The fourth-order valence-corrected chi connectivity index (χ4v) is 1.30. The Bertz CT molecular complexity index is 247. The Balaban J connectivity index is 3.10. The van der Waals surface area contributed by atoms with E-state index < -0.39 is 11.1 Å². The number of aromatic carboxylic acids is 1. The first-order chi connectivity index (χ1) is 4.61. The van der Waals surface area contributed by atoms with Crippen molar-refractivity contribution >= 4 is 17.3 Å². The highest BCUT2D eigenvalue weighted by Gasteiger charge is 2.09. The molecule has 0 unspecified atom stereocenters. The van der Waals surface area contributed by atoms with E-state index in [-0.39, 0.29) is 4.88 Å². The summed E-state index contributed by atoms with van der Waals surface area (Å²) in [5.41, 5.74) is 0.391. The first-order valence-corrected chi connectivity index (χ1v) is 3.42. The van der Waals surface area contributed by atoms with E-state index in [0.717, 1.165) is 0 Å². The molecule has 2 nitrogen and oxygen atoms in total. The minimum atomic E-state index is -1.07. The van der Waals surface area contributed by atoms with Gasteiger partial charge in [-0.2, -0.15) is 4.39 Å². The number of thiophene rings is 1. The second kappa shape index (κ2) is 2.38. The number of carboxylic acids is 1. The first kappa shape index (κ1) is 7.21. The minimum Gasteiger partial charge on any atom is -0.477 e. The third kappa shape index (κ3) is 1.16. The molecule has 4 heteroatoms. The lowest BCUT2D eigenvalue weighted by Gasteiger charge is -1.79. The zero-order valence-corrected chi connectivity index (χ0v) is 6.04. The van der Waals surface area contributed by atoms with Gasteiger partial charge < -0.3 is 5.11 Å². The van der Waals surface area contributed by atoms with Gasteiger partial charge in [0, 0.05) is 0 Å². The standard InChI is InChI=1S/C6H5FO2S/c1-3-2-4(6(8)9)10-5(3)7/h2H,1H3,(H,8,9). The number of rotatable bonds is 1. The molecule has 0 aliphatic heterocycles. The predicted molar refractivity (Wildman–Crippen MR) is 36.0 cm³/mol. The van der Waals surface area contributed by atoms with Crippen LogP contribution >= 0.6 is 11.3 Å². The van der Waals surface area contributed by atoms with Gasteiger partial charge in [-0.3, -0.25) is 0 Å². The molecule has 54 valence electrons. The van der Waals surface area contributed by atoms with Gasteiger partial charge in [-0.1, -0.05) is 11.3 Å². The number of hydrogen-bond donors (Lipinski definition) is 1. The van der Waals surface area contributed by atoms with Crippen molar-refractivity contribution in [1.82, 2.24) is 0 Å². The van der Waals surface area contributed by atoms with Crippen LogP contribution in [0.25, 0.3) is 0 Å². The Morgan fingerprint density at radius 1 is 1.80 bits per heavy atom. The molecule has 0 spiro atoms. The molecule has 1 aromatic rings. The largest absolute Gasteiger partial charge is 0.477 e. The smallest absolute Gasteiger partial charge is 0.345 e. The van der Waals surface area contributed by atoms with Crippen molar-refractivity contribution in [2.75, 3.05) is 0 Å². The van der Waals surface area contributed by atoms with Gasteiger partial charge in [-0.25, -0.2) is 4.79 Å². The Morgan fingerprint density at radius 3 is 2.60 bits per heavy atom. The van der Waals surface area contributed by atoms with E-state index in [4.69, 9.17) is 5.11 Å². The summed E-state index contributed by atoms with van der Waals surface area (Å²) in [6, 6.07) is 1.32. The Hall–Kier alpha value is -0.900. The normalized spacial score (nSPS) is 9.80. The van der Waals surface area contributed by atoms with Crippen LogP contribution in [0, 0.1) is 12.1 Å². The van der Waals surface area contributed by atoms with Crippen molar-refractivity contribution in [1.29, 1.82) is 0 Å². The Labute approximate surface area is 60.9 Å². The third-order valence-electron chi connectivity index (χ3n) is 1.07. The Kier molecular flexibility index (Phi) is 1.72. The van der Waals surface area contributed by atoms with Gasteiger partial charge in [-0.05, 0) is 18.6 Å². The average Bonchev–Trinajstić information content (AvgIpc) is 2.13. The molecule has 1 rings (SSSR count).